The molecule has 4 rings (SSSR count). The van der Waals surface area contributed by atoms with Crippen molar-refractivity contribution in [3.63, 3.8) is 0 Å². The summed E-state index contributed by atoms with van der Waals surface area (Å²) in [6, 6.07) is 8.97. The second kappa shape index (κ2) is 14.6. The van der Waals surface area contributed by atoms with Crippen LogP contribution < -0.4 is 0 Å². The molecule has 1 aliphatic heterocycles. The van der Waals surface area contributed by atoms with Gasteiger partial charge < -0.3 is 9.69 Å². The van der Waals surface area contributed by atoms with Gasteiger partial charge in [0.05, 0.1) is 11.9 Å². The number of aryl methyl sites for hydroxylation is 1. The van der Waals surface area contributed by atoms with Crippen LogP contribution in [0.2, 0.25) is 0 Å². The Balaban J connectivity index is 0.000000482. The molecule has 0 saturated heterocycles. The monoisotopic (exact) mass is 538 g/mol. The van der Waals surface area contributed by atoms with Gasteiger partial charge in [-0.1, -0.05) is 89.6 Å². The van der Waals surface area contributed by atoms with E-state index in [-0.39, 0.29) is 11.2 Å². The zero-order valence-electron chi connectivity index (χ0n) is 25.1. The Bertz CT molecular complexity index is 1290. The highest BCUT2D eigenvalue weighted by Crippen LogP contribution is 2.27. The first kappa shape index (κ1) is 30.8. The summed E-state index contributed by atoms with van der Waals surface area (Å²) < 4.78 is 1.81. The van der Waals surface area contributed by atoms with Crippen LogP contribution in [-0.4, -0.2) is 38.8 Å². The first-order valence-corrected chi connectivity index (χ1v) is 14.4. The van der Waals surface area contributed by atoms with Crippen molar-refractivity contribution >= 4 is 11.5 Å². The molecule has 212 valence electrons. The van der Waals surface area contributed by atoms with Gasteiger partial charge in [-0.05, 0) is 48.5 Å². The summed E-state index contributed by atoms with van der Waals surface area (Å²) in [5.74, 6) is 0.275. The molecule has 0 bridgehead atoms. The Morgan fingerprint density at radius 2 is 1.88 bits per heavy atom. The summed E-state index contributed by atoms with van der Waals surface area (Å²) >= 11 is 0. The molecule has 0 unspecified atom stereocenters. The average molecular weight is 539 g/mol. The summed E-state index contributed by atoms with van der Waals surface area (Å²) in [5.41, 5.74) is 6.40. The molecule has 0 atom stereocenters. The van der Waals surface area contributed by atoms with Crippen molar-refractivity contribution in [2.24, 2.45) is 17.5 Å². The maximum absolute atomic E-state index is 10.5. The standard InChI is InChI=1S/C28H32N4.C7H14O/c1-4-22(25-13-10-16-32(21-25)27-14-7-6-8-15-27)18-29-28(5-2)24-12-9-11-23(17-24)26-19-30-31(3)20-26;1-6(8)5-7(2,3)4/h4-5,9-13,17-21,27H,1-2,6-8,14-16H2,3H3;5H2,1-4H3/b22-18+,29-28?;. The minimum atomic E-state index is 0.172. The Hall–Kier alpha value is -3.73. The van der Waals surface area contributed by atoms with Gasteiger partial charge in [-0.15, -0.1) is 0 Å². The Kier molecular flexibility index (Phi) is 11.2. The number of allylic oxidation sites excluding steroid dienone is 5. The van der Waals surface area contributed by atoms with Crippen LogP contribution in [0.15, 0.2) is 103 Å². The molecule has 1 aromatic heterocycles. The van der Waals surface area contributed by atoms with Gasteiger partial charge in [0, 0.05) is 61.4 Å². The lowest BCUT2D eigenvalue weighted by Gasteiger charge is -2.35. The van der Waals surface area contributed by atoms with E-state index in [1.54, 1.807) is 13.0 Å². The summed E-state index contributed by atoms with van der Waals surface area (Å²) in [7, 11) is 1.93. The van der Waals surface area contributed by atoms with Crippen LogP contribution in [0.25, 0.3) is 11.1 Å². The normalized spacial score (nSPS) is 16.6. The van der Waals surface area contributed by atoms with Crippen LogP contribution >= 0.6 is 0 Å². The van der Waals surface area contributed by atoms with E-state index in [0.717, 1.165) is 40.1 Å². The number of aliphatic imine (C=N–C) groups is 1. The second-order valence-electron chi connectivity index (χ2n) is 11.9. The van der Waals surface area contributed by atoms with Gasteiger partial charge in [-0.2, -0.15) is 5.10 Å². The van der Waals surface area contributed by atoms with Gasteiger partial charge >= 0.3 is 0 Å². The number of benzene rings is 1. The van der Waals surface area contributed by atoms with Gasteiger partial charge in [0.25, 0.3) is 0 Å². The van der Waals surface area contributed by atoms with Gasteiger partial charge in [-0.25, -0.2) is 0 Å². The molecule has 40 heavy (non-hydrogen) atoms. The van der Waals surface area contributed by atoms with Crippen molar-refractivity contribution in [1.82, 2.24) is 14.7 Å². The lowest BCUT2D eigenvalue weighted by atomic mass is 9.91. The van der Waals surface area contributed by atoms with E-state index in [2.05, 4.69) is 80.5 Å². The number of hydrogen-bond acceptors (Lipinski definition) is 4. The molecule has 5 heteroatoms. The molecule has 1 fully saturated rings. The van der Waals surface area contributed by atoms with Crippen LogP contribution in [0.3, 0.4) is 0 Å². The highest BCUT2D eigenvalue weighted by Gasteiger charge is 2.20. The predicted molar refractivity (Wildman–Crippen MR) is 169 cm³/mol. The van der Waals surface area contributed by atoms with E-state index in [9.17, 15) is 4.79 Å². The zero-order valence-corrected chi connectivity index (χ0v) is 25.1. The number of Topliss-reactive ketones (excluding diaryl/α,β-unsaturated/α-hetero) is 1. The fraction of sp³-hybridized carbons (Fsp3) is 0.400. The van der Waals surface area contributed by atoms with E-state index >= 15 is 0 Å². The number of carbonyl (C=O) groups is 1. The van der Waals surface area contributed by atoms with Crippen molar-refractivity contribution in [2.45, 2.75) is 72.3 Å². The molecule has 0 radical (unpaired) electrons. The van der Waals surface area contributed by atoms with E-state index in [4.69, 9.17) is 4.99 Å². The highest BCUT2D eigenvalue weighted by atomic mass is 16.1. The van der Waals surface area contributed by atoms with Crippen molar-refractivity contribution in [1.29, 1.82) is 0 Å². The molecule has 0 amide bonds. The molecular weight excluding hydrogens is 492 g/mol. The number of carbonyl (C=O) groups excluding carboxylic acids is 1. The first-order valence-electron chi connectivity index (χ1n) is 14.4. The summed E-state index contributed by atoms with van der Waals surface area (Å²) in [6.07, 6.45) is 23.5. The summed E-state index contributed by atoms with van der Waals surface area (Å²) in [4.78, 5) is 17.7. The third-order valence-corrected chi connectivity index (χ3v) is 7.03. The minimum absolute atomic E-state index is 0.172. The fourth-order valence-corrected chi connectivity index (χ4v) is 5.22. The Labute approximate surface area is 241 Å². The Morgan fingerprint density at radius 3 is 2.45 bits per heavy atom. The van der Waals surface area contributed by atoms with Crippen molar-refractivity contribution < 1.29 is 4.79 Å². The smallest absolute Gasteiger partial charge is 0.130 e. The van der Waals surface area contributed by atoms with E-state index in [0.29, 0.717) is 12.5 Å². The minimum Gasteiger partial charge on any atom is -0.370 e. The maximum Gasteiger partial charge on any atom is 0.130 e. The molecule has 2 heterocycles. The first-order chi connectivity index (χ1) is 19.1. The van der Waals surface area contributed by atoms with Gasteiger partial charge in [0.1, 0.15) is 5.78 Å². The largest absolute Gasteiger partial charge is 0.370 e. The second-order valence-corrected chi connectivity index (χ2v) is 11.9. The van der Waals surface area contributed by atoms with Crippen molar-refractivity contribution in [2.75, 3.05) is 6.54 Å². The van der Waals surface area contributed by atoms with Crippen LogP contribution in [-0.2, 0) is 11.8 Å². The molecular formula is C35H46N4O. The quantitative estimate of drug-likeness (QED) is 0.251. The van der Waals surface area contributed by atoms with Crippen LogP contribution in [0.5, 0.6) is 0 Å². The summed E-state index contributed by atoms with van der Waals surface area (Å²) in [5, 5.41) is 4.28. The van der Waals surface area contributed by atoms with Crippen LogP contribution in [0.1, 0.15) is 71.8 Å². The molecule has 1 saturated carbocycles. The Morgan fingerprint density at radius 1 is 1.12 bits per heavy atom. The highest BCUT2D eigenvalue weighted by molar-refractivity contribution is 6.09. The van der Waals surface area contributed by atoms with Crippen LogP contribution in [0, 0.1) is 5.41 Å². The van der Waals surface area contributed by atoms with Crippen molar-refractivity contribution in [3.05, 3.63) is 103 Å². The summed E-state index contributed by atoms with van der Waals surface area (Å²) in [6.45, 7) is 16.8. The number of rotatable bonds is 8. The zero-order chi connectivity index (χ0) is 29.1. The molecule has 1 aliphatic carbocycles. The van der Waals surface area contributed by atoms with E-state index in [1.807, 2.05) is 42.5 Å². The molecule has 2 aliphatic rings. The molecule has 0 spiro atoms. The molecule has 5 nitrogen and oxygen atoms in total. The SMILES string of the molecule is C=CC(=N/C=C(\C=C)C1=CN(C2CCCCC2)CC=C1)c1cccc(-c2cnn(C)c2)c1.CC(=O)CC(C)(C)C. The van der Waals surface area contributed by atoms with Gasteiger partial charge in [0.2, 0.25) is 0 Å². The topological polar surface area (TPSA) is 50.5 Å². The third-order valence-electron chi connectivity index (χ3n) is 7.03. The number of hydrogen-bond donors (Lipinski definition) is 0. The lowest BCUT2D eigenvalue weighted by molar-refractivity contribution is -0.118. The van der Waals surface area contributed by atoms with Crippen LogP contribution in [0.4, 0.5) is 0 Å². The number of nitrogens with zero attached hydrogens (tertiary/aromatic N) is 4. The van der Waals surface area contributed by atoms with Gasteiger partial charge in [-0.3, -0.25) is 9.67 Å². The van der Waals surface area contributed by atoms with E-state index < -0.39 is 0 Å². The van der Waals surface area contributed by atoms with E-state index in [1.165, 1.54) is 32.1 Å². The van der Waals surface area contributed by atoms with Gasteiger partial charge in [0.15, 0.2) is 0 Å². The maximum atomic E-state index is 10.5. The molecule has 1 aromatic carbocycles. The molecule has 0 N–H and O–H groups in total. The lowest BCUT2D eigenvalue weighted by Crippen LogP contribution is -2.34. The third kappa shape index (κ3) is 9.48. The fourth-order valence-electron chi connectivity index (χ4n) is 5.22. The van der Waals surface area contributed by atoms with Crippen molar-refractivity contribution in [3.8, 4) is 11.1 Å². The number of ketones is 1. The molecule has 2 aromatic rings. The average Bonchev–Trinajstić information content (AvgIpc) is 3.37. The number of aromatic nitrogens is 2. The predicted octanol–water partition coefficient (Wildman–Crippen LogP) is 8.23.